The Balaban J connectivity index is 2.02. The number of carbonyl (C=O) groups is 1. The Hall–Kier alpha value is -1.36. The predicted octanol–water partition coefficient (Wildman–Crippen LogP) is 3.45. The van der Waals surface area contributed by atoms with E-state index in [1.165, 1.54) is 12.8 Å². The molecule has 1 fully saturated rings. The second-order valence-electron chi connectivity index (χ2n) is 7.44. The number of anilines is 2. The molecule has 0 radical (unpaired) electrons. The van der Waals surface area contributed by atoms with Gasteiger partial charge >= 0.3 is 7.60 Å². The minimum Gasteiger partial charge on any atom is -0.372 e. The van der Waals surface area contributed by atoms with Crippen LogP contribution in [0.3, 0.4) is 0 Å². The molecule has 1 amide bonds. The molecule has 0 bridgehead atoms. The molecule has 0 saturated carbocycles. The van der Waals surface area contributed by atoms with Gasteiger partial charge in [0.25, 0.3) is 0 Å². The zero-order valence-corrected chi connectivity index (χ0v) is 16.1. The topological polar surface area (TPSA) is 89.9 Å². The molecule has 7 heteroatoms. The maximum absolute atomic E-state index is 12.3. The van der Waals surface area contributed by atoms with Crippen LogP contribution in [0.4, 0.5) is 11.4 Å². The van der Waals surface area contributed by atoms with Crippen LogP contribution in [0.15, 0.2) is 24.3 Å². The molecular weight excluding hydrogens is 339 g/mol. The second kappa shape index (κ2) is 8.35. The molecule has 25 heavy (non-hydrogen) atoms. The highest BCUT2D eigenvalue weighted by atomic mass is 31.2. The summed E-state index contributed by atoms with van der Waals surface area (Å²) in [7, 11) is -4.48. The Kier molecular flexibility index (Phi) is 6.66. The molecule has 1 atom stereocenters. The molecule has 3 N–H and O–H groups in total. The van der Waals surface area contributed by atoms with Crippen LogP contribution >= 0.6 is 7.60 Å². The van der Waals surface area contributed by atoms with Crippen molar-refractivity contribution in [1.29, 1.82) is 0 Å². The fourth-order valence-electron chi connectivity index (χ4n) is 3.09. The van der Waals surface area contributed by atoms with Gasteiger partial charge in [0.05, 0.1) is 0 Å². The van der Waals surface area contributed by atoms with Crippen molar-refractivity contribution in [1.82, 2.24) is 0 Å². The van der Waals surface area contributed by atoms with Crippen molar-refractivity contribution >= 4 is 24.9 Å². The fraction of sp³-hybridized carbons (Fsp3) is 0.611. The number of hydrogen-bond acceptors (Lipinski definition) is 3. The van der Waals surface area contributed by atoms with E-state index in [-0.39, 0.29) is 12.3 Å². The van der Waals surface area contributed by atoms with Crippen molar-refractivity contribution in [2.45, 2.75) is 45.7 Å². The summed E-state index contributed by atoms with van der Waals surface area (Å²) >= 11 is 0. The number of rotatable bonds is 6. The monoisotopic (exact) mass is 368 g/mol. The number of nitrogens with one attached hydrogen (secondary N) is 1. The summed E-state index contributed by atoms with van der Waals surface area (Å²) in [5, 5.41) is 2.64. The van der Waals surface area contributed by atoms with Crippen LogP contribution < -0.4 is 10.2 Å². The van der Waals surface area contributed by atoms with E-state index in [4.69, 9.17) is 0 Å². The molecule has 1 aromatic carbocycles. The third kappa shape index (κ3) is 5.84. The molecular formula is C18H29N2O4P. The lowest BCUT2D eigenvalue weighted by Gasteiger charge is -2.32. The number of benzene rings is 1. The maximum Gasteiger partial charge on any atom is 0.337 e. The SMILES string of the molecule is CC(C)CC(C(=O)Nc1ccc(N2CCC(C)CC2)cc1)P(=O)(O)O. The van der Waals surface area contributed by atoms with Gasteiger partial charge in [-0.1, -0.05) is 20.8 Å². The van der Waals surface area contributed by atoms with E-state index in [0.717, 1.165) is 24.7 Å². The van der Waals surface area contributed by atoms with Gasteiger partial charge in [-0.3, -0.25) is 9.36 Å². The van der Waals surface area contributed by atoms with E-state index in [1.807, 2.05) is 26.0 Å². The van der Waals surface area contributed by atoms with Crippen LogP contribution in [0.2, 0.25) is 0 Å². The first kappa shape index (κ1) is 20.0. The summed E-state index contributed by atoms with van der Waals surface area (Å²) in [6, 6.07) is 7.47. The lowest BCUT2D eigenvalue weighted by atomic mass is 9.99. The molecule has 1 aliphatic rings. The smallest absolute Gasteiger partial charge is 0.337 e. The quantitative estimate of drug-likeness (QED) is 0.669. The molecule has 0 spiro atoms. The van der Waals surface area contributed by atoms with Crippen LogP contribution in [0.25, 0.3) is 0 Å². The molecule has 1 saturated heterocycles. The highest BCUT2D eigenvalue weighted by Crippen LogP contribution is 2.44. The minimum absolute atomic E-state index is 0.0206. The van der Waals surface area contributed by atoms with Crippen molar-refractivity contribution in [3.63, 3.8) is 0 Å². The van der Waals surface area contributed by atoms with Crippen molar-refractivity contribution in [2.24, 2.45) is 11.8 Å². The van der Waals surface area contributed by atoms with Gasteiger partial charge in [0.2, 0.25) is 5.91 Å². The van der Waals surface area contributed by atoms with Crippen LogP contribution in [0.5, 0.6) is 0 Å². The molecule has 1 aromatic rings. The standard InChI is InChI=1S/C18H29N2O4P/c1-13(2)12-17(25(22,23)24)18(21)19-15-4-6-16(7-5-15)20-10-8-14(3)9-11-20/h4-7,13-14,17H,8-12H2,1-3H3,(H,19,21)(H2,22,23,24). The lowest BCUT2D eigenvalue weighted by molar-refractivity contribution is -0.116. The predicted molar refractivity (Wildman–Crippen MR) is 101 cm³/mol. The zero-order valence-electron chi connectivity index (χ0n) is 15.2. The van der Waals surface area contributed by atoms with Gasteiger partial charge in [-0.15, -0.1) is 0 Å². The summed E-state index contributed by atoms with van der Waals surface area (Å²) in [6.45, 7) is 8.00. The van der Waals surface area contributed by atoms with Gasteiger partial charge in [0.1, 0.15) is 5.66 Å². The van der Waals surface area contributed by atoms with Crippen LogP contribution in [-0.2, 0) is 9.36 Å². The summed E-state index contributed by atoms with van der Waals surface area (Å²) in [5.74, 6) is 0.161. The summed E-state index contributed by atoms with van der Waals surface area (Å²) in [5.41, 5.74) is 0.357. The Bertz CT molecular complexity index is 618. The average Bonchev–Trinajstić information content (AvgIpc) is 2.53. The molecule has 1 heterocycles. The number of nitrogens with zero attached hydrogens (tertiary/aromatic N) is 1. The number of hydrogen-bond donors (Lipinski definition) is 3. The van der Waals surface area contributed by atoms with Crippen molar-refractivity contribution in [2.75, 3.05) is 23.3 Å². The molecule has 1 aliphatic heterocycles. The van der Waals surface area contributed by atoms with E-state index in [1.54, 1.807) is 12.1 Å². The van der Waals surface area contributed by atoms with Gasteiger partial charge in [-0.2, -0.15) is 0 Å². The lowest BCUT2D eigenvalue weighted by Crippen LogP contribution is -2.32. The highest BCUT2D eigenvalue weighted by molar-refractivity contribution is 7.53. The summed E-state index contributed by atoms with van der Waals surface area (Å²) in [6.07, 6.45) is 2.51. The zero-order chi connectivity index (χ0) is 18.6. The first-order chi connectivity index (χ1) is 11.7. The Labute approximate surface area is 149 Å². The van der Waals surface area contributed by atoms with Crippen molar-refractivity contribution < 1.29 is 19.1 Å². The number of carbonyl (C=O) groups excluding carboxylic acids is 1. The van der Waals surface area contributed by atoms with Gasteiger partial charge in [-0.25, -0.2) is 0 Å². The summed E-state index contributed by atoms with van der Waals surface area (Å²) in [4.78, 5) is 33.5. The average molecular weight is 368 g/mol. The van der Waals surface area contributed by atoms with E-state index in [2.05, 4.69) is 17.1 Å². The third-order valence-corrected chi connectivity index (χ3v) is 5.94. The van der Waals surface area contributed by atoms with Crippen LogP contribution in [0, 0.1) is 11.8 Å². The summed E-state index contributed by atoms with van der Waals surface area (Å²) < 4.78 is 11.6. The largest absolute Gasteiger partial charge is 0.372 e. The van der Waals surface area contributed by atoms with Gasteiger partial charge in [-0.05, 0) is 55.4 Å². The highest BCUT2D eigenvalue weighted by Gasteiger charge is 2.36. The number of amides is 1. The Morgan fingerprint density at radius 3 is 2.28 bits per heavy atom. The first-order valence-electron chi connectivity index (χ1n) is 8.88. The molecule has 6 nitrogen and oxygen atoms in total. The van der Waals surface area contributed by atoms with E-state index < -0.39 is 19.2 Å². The van der Waals surface area contributed by atoms with Crippen molar-refractivity contribution in [3.8, 4) is 0 Å². The Morgan fingerprint density at radius 1 is 1.24 bits per heavy atom. The minimum atomic E-state index is -4.48. The van der Waals surface area contributed by atoms with E-state index in [0.29, 0.717) is 5.69 Å². The van der Waals surface area contributed by atoms with Gasteiger partial charge in [0.15, 0.2) is 0 Å². The molecule has 2 rings (SSSR count). The Morgan fingerprint density at radius 2 is 1.80 bits per heavy atom. The molecule has 140 valence electrons. The van der Waals surface area contributed by atoms with Crippen LogP contribution in [0.1, 0.15) is 40.0 Å². The second-order valence-corrected chi connectivity index (χ2v) is 9.24. The molecule has 0 aliphatic carbocycles. The maximum atomic E-state index is 12.3. The normalized spacial score (nSPS) is 17.6. The first-order valence-corrected chi connectivity index (χ1v) is 10.6. The van der Waals surface area contributed by atoms with E-state index >= 15 is 0 Å². The fourth-order valence-corrected chi connectivity index (χ4v) is 4.16. The van der Waals surface area contributed by atoms with Gasteiger partial charge < -0.3 is 20.0 Å². The van der Waals surface area contributed by atoms with Crippen LogP contribution in [-0.4, -0.2) is 34.4 Å². The number of piperidine rings is 1. The molecule has 1 unspecified atom stereocenters. The third-order valence-electron chi connectivity index (χ3n) is 4.69. The van der Waals surface area contributed by atoms with Crippen molar-refractivity contribution in [3.05, 3.63) is 24.3 Å². The van der Waals surface area contributed by atoms with E-state index in [9.17, 15) is 19.1 Å². The molecule has 0 aromatic heterocycles. The van der Waals surface area contributed by atoms with Gasteiger partial charge in [0, 0.05) is 24.5 Å².